The Morgan fingerprint density at radius 1 is 1.07 bits per heavy atom. The largest absolute Gasteiger partial charge is 0.373 e. The molecule has 0 saturated carbocycles. The number of rotatable bonds is 14. The van der Waals surface area contributed by atoms with Gasteiger partial charge in [0.05, 0.1) is 6.10 Å². The Balaban J connectivity index is 2.41. The highest BCUT2D eigenvalue weighted by Crippen LogP contribution is 2.32. The Labute approximate surface area is 170 Å². The molecule has 0 aliphatic heterocycles. The monoisotopic (exact) mass is 374 g/mol. The van der Waals surface area contributed by atoms with Gasteiger partial charge in [0.2, 0.25) is 0 Å². The van der Waals surface area contributed by atoms with E-state index in [1.807, 2.05) is 0 Å². The van der Waals surface area contributed by atoms with E-state index in [4.69, 9.17) is 4.74 Å². The maximum Gasteiger partial charge on any atom is 0.0850 e. The molecule has 1 aliphatic rings. The zero-order valence-corrected chi connectivity index (χ0v) is 19.2. The van der Waals surface area contributed by atoms with E-state index in [0.29, 0.717) is 12.0 Å². The predicted molar refractivity (Wildman–Crippen MR) is 121 cm³/mol. The van der Waals surface area contributed by atoms with Gasteiger partial charge < -0.3 is 4.74 Å². The van der Waals surface area contributed by atoms with Crippen molar-refractivity contribution >= 4 is 0 Å². The van der Waals surface area contributed by atoms with Crippen molar-refractivity contribution in [2.75, 3.05) is 6.61 Å². The number of hydrogen-bond acceptors (Lipinski definition) is 1. The highest BCUT2D eigenvalue weighted by Gasteiger charge is 2.26. The third-order valence-corrected chi connectivity index (χ3v) is 6.03. The molecule has 0 radical (unpaired) electrons. The van der Waals surface area contributed by atoms with Crippen LogP contribution in [0.4, 0.5) is 0 Å². The summed E-state index contributed by atoms with van der Waals surface area (Å²) in [5.74, 6) is 1.30. The number of ether oxygens (including phenoxy) is 1. The molecule has 3 atom stereocenters. The molecule has 156 valence electrons. The lowest BCUT2D eigenvalue weighted by molar-refractivity contribution is 0.0453. The van der Waals surface area contributed by atoms with E-state index in [9.17, 15) is 0 Å². The van der Waals surface area contributed by atoms with Crippen LogP contribution in [0, 0.1) is 11.8 Å². The van der Waals surface area contributed by atoms with Gasteiger partial charge in [0.25, 0.3) is 0 Å². The second kappa shape index (κ2) is 14.2. The summed E-state index contributed by atoms with van der Waals surface area (Å²) in [5.41, 5.74) is 4.42. The Morgan fingerprint density at radius 3 is 2.48 bits per heavy atom. The first kappa shape index (κ1) is 24.2. The highest BCUT2D eigenvalue weighted by atomic mass is 16.5. The van der Waals surface area contributed by atoms with E-state index in [1.54, 1.807) is 0 Å². The maximum absolute atomic E-state index is 6.41. The second-order valence-corrected chi connectivity index (χ2v) is 9.00. The molecule has 1 aliphatic carbocycles. The molecule has 0 amide bonds. The van der Waals surface area contributed by atoms with Crippen molar-refractivity contribution in [3.8, 4) is 0 Å². The van der Waals surface area contributed by atoms with E-state index in [-0.39, 0.29) is 0 Å². The average molecular weight is 375 g/mol. The topological polar surface area (TPSA) is 9.23 Å². The Kier molecular flexibility index (Phi) is 12.8. The number of hydrogen-bond donors (Lipinski definition) is 0. The first-order chi connectivity index (χ1) is 13.0. The minimum absolute atomic E-state index is 0.302. The fraction of sp³-hybridized carbons (Fsp3) is 0.769. The molecule has 1 nitrogen and oxygen atoms in total. The summed E-state index contributed by atoms with van der Waals surface area (Å²) < 4.78 is 6.41. The summed E-state index contributed by atoms with van der Waals surface area (Å²) in [6.07, 6.45) is 20.3. The van der Waals surface area contributed by atoms with E-state index in [2.05, 4.69) is 59.8 Å². The van der Waals surface area contributed by atoms with Gasteiger partial charge in [-0.05, 0) is 64.4 Å². The molecule has 0 saturated heterocycles. The molecule has 0 bridgehead atoms. The van der Waals surface area contributed by atoms with Crippen molar-refractivity contribution in [1.82, 2.24) is 0 Å². The minimum Gasteiger partial charge on any atom is -0.373 e. The molecule has 1 heteroatoms. The molecule has 0 spiro atoms. The highest BCUT2D eigenvalue weighted by molar-refractivity contribution is 5.29. The first-order valence-corrected chi connectivity index (χ1v) is 11.6. The fourth-order valence-corrected chi connectivity index (χ4v) is 3.83. The van der Waals surface area contributed by atoms with Gasteiger partial charge in [0.15, 0.2) is 0 Å². The Hall–Kier alpha value is -0.820. The van der Waals surface area contributed by atoms with Crippen LogP contribution in [0.1, 0.15) is 106 Å². The van der Waals surface area contributed by atoms with Gasteiger partial charge in [-0.25, -0.2) is 0 Å². The Bertz CT molecular complexity index is 478. The third-order valence-electron chi connectivity index (χ3n) is 6.03. The summed E-state index contributed by atoms with van der Waals surface area (Å²) in [6, 6.07) is 0. The van der Waals surface area contributed by atoms with Gasteiger partial charge in [-0.1, -0.05) is 82.2 Å². The van der Waals surface area contributed by atoms with Crippen molar-refractivity contribution in [2.24, 2.45) is 11.8 Å². The molecule has 0 aromatic heterocycles. The molecule has 0 aromatic rings. The molecule has 0 heterocycles. The molecular formula is C26H46O. The quantitative estimate of drug-likeness (QED) is 0.219. The number of unbranched alkanes of at least 4 members (excludes halogenated alkanes) is 5. The molecule has 27 heavy (non-hydrogen) atoms. The standard InChI is InChI=1S/C26H46O/c1-7-8-9-10-11-12-20-27-26-24(6)23(5)17-19-25(26)18-16-22(4)15-13-14-21(2)3/h14,17,19,22,24,26H,7-13,15-16,18,20H2,1-6H3. The van der Waals surface area contributed by atoms with E-state index in [0.717, 1.165) is 12.5 Å². The van der Waals surface area contributed by atoms with Gasteiger partial charge in [-0.15, -0.1) is 0 Å². The summed E-state index contributed by atoms with van der Waals surface area (Å²) in [7, 11) is 0. The normalized spacial score (nSPS) is 20.8. The van der Waals surface area contributed by atoms with E-state index in [1.165, 1.54) is 80.9 Å². The van der Waals surface area contributed by atoms with Crippen LogP contribution in [0.5, 0.6) is 0 Å². The predicted octanol–water partition coefficient (Wildman–Crippen LogP) is 8.42. The third kappa shape index (κ3) is 10.3. The van der Waals surface area contributed by atoms with Crippen molar-refractivity contribution in [2.45, 2.75) is 112 Å². The molecular weight excluding hydrogens is 328 g/mol. The summed E-state index contributed by atoms with van der Waals surface area (Å²) in [4.78, 5) is 0. The van der Waals surface area contributed by atoms with Gasteiger partial charge in [0.1, 0.15) is 0 Å². The van der Waals surface area contributed by atoms with Crippen LogP contribution in [-0.2, 0) is 4.74 Å². The lowest BCUT2D eigenvalue weighted by Crippen LogP contribution is -2.28. The van der Waals surface area contributed by atoms with Crippen LogP contribution in [0.3, 0.4) is 0 Å². The van der Waals surface area contributed by atoms with E-state index >= 15 is 0 Å². The summed E-state index contributed by atoms with van der Waals surface area (Å²) in [6.45, 7) is 14.6. The van der Waals surface area contributed by atoms with Gasteiger partial charge >= 0.3 is 0 Å². The molecule has 0 fully saturated rings. The van der Waals surface area contributed by atoms with Crippen LogP contribution >= 0.6 is 0 Å². The van der Waals surface area contributed by atoms with Crippen LogP contribution in [0.25, 0.3) is 0 Å². The smallest absolute Gasteiger partial charge is 0.0850 e. The SMILES string of the molecule is CCCCCCCCOC1C(CCC(C)CCC=C(C)C)=CC=C(C)C1C. The van der Waals surface area contributed by atoms with Crippen molar-refractivity contribution in [3.63, 3.8) is 0 Å². The molecule has 0 N–H and O–H groups in total. The minimum atomic E-state index is 0.302. The van der Waals surface area contributed by atoms with E-state index < -0.39 is 0 Å². The van der Waals surface area contributed by atoms with Crippen LogP contribution in [0.15, 0.2) is 34.9 Å². The summed E-state index contributed by atoms with van der Waals surface area (Å²) in [5, 5.41) is 0. The van der Waals surface area contributed by atoms with Gasteiger partial charge in [-0.3, -0.25) is 0 Å². The second-order valence-electron chi connectivity index (χ2n) is 9.00. The van der Waals surface area contributed by atoms with Crippen molar-refractivity contribution < 1.29 is 4.74 Å². The summed E-state index contributed by atoms with van der Waals surface area (Å²) >= 11 is 0. The van der Waals surface area contributed by atoms with Gasteiger partial charge in [-0.2, -0.15) is 0 Å². The van der Waals surface area contributed by atoms with Crippen LogP contribution < -0.4 is 0 Å². The first-order valence-electron chi connectivity index (χ1n) is 11.6. The van der Waals surface area contributed by atoms with Crippen LogP contribution in [0.2, 0.25) is 0 Å². The van der Waals surface area contributed by atoms with Crippen molar-refractivity contribution in [3.05, 3.63) is 34.9 Å². The lowest BCUT2D eigenvalue weighted by atomic mass is 9.83. The molecule has 3 unspecified atom stereocenters. The zero-order chi connectivity index (χ0) is 20.1. The molecule has 1 rings (SSSR count). The fourth-order valence-electron chi connectivity index (χ4n) is 3.83. The molecule has 0 aromatic carbocycles. The maximum atomic E-state index is 6.41. The lowest BCUT2D eigenvalue weighted by Gasteiger charge is -2.31. The van der Waals surface area contributed by atoms with Crippen LogP contribution in [-0.4, -0.2) is 12.7 Å². The van der Waals surface area contributed by atoms with Crippen molar-refractivity contribution in [1.29, 1.82) is 0 Å². The number of allylic oxidation sites excluding steroid dienone is 4. The zero-order valence-electron chi connectivity index (χ0n) is 19.2. The average Bonchev–Trinajstić information content (AvgIpc) is 2.63. The van der Waals surface area contributed by atoms with Gasteiger partial charge in [0, 0.05) is 12.5 Å². The Morgan fingerprint density at radius 2 is 1.78 bits per heavy atom.